The summed E-state index contributed by atoms with van der Waals surface area (Å²) >= 11 is 0.881. The van der Waals surface area contributed by atoms with Gasteiger partial charge in [-0.05, 0) is 43.6 Å². The van der Waals surface area contributed by atoms with Crippen molar-refractivity contribution in [3.05, 3.63) is 10.6 Å². The van der Waals surface area contributed by atoms with E-state index < -0.39 is 11.9 Å². The maximum atomic E-state index is 13.5. The molecule has 1 atom stereocenters. The smallest absolute Gasteiger partial charge is 0.270 e. The van der Waals surface area contributed by atoms with Crippen molar-refractivity contribution in [1.29, 1.82) is 0 Å². The zero-order valence-electron chi connectivity index (χ0n) is 17.0. The predicted octanol–water partition coefficient (Wildman–Crippen LogP) is 2.44. The lowest BCUT2D eigenvalue weighted by molar-refractivity contribution is -0.127. The molecule has 160 valence electrons. The Kier molecular flexibility index (Phi) is 7.10. The molecule has 8 nitrogen and oxygen atoms in total. The minimum Gasteiger partial charge on any atom is -0.395 e. The number of nitrogens with zero attached hydrogens (tertiary/aromatic N) is 2. The summed E-state index contributed by atoms with van der Waals surface area (Å²) in [7, 11) is 0. The summed E-state index contributed by atoms with van der Waals surface area (Å²) in [6.45, 7) is 2.01. The van der Waals surface area contributed by atoms with E-state index in [4.69, 9.17) is 11.5 Å². The lowest BCUT2D eigenvalue weighted by Crippen LogP contribution is -2.54. The maximum Gasteiger partial charge on any atom is 0.270 e. The quantitative estimate of drug-likeness (QED) is 0.593. The molecule has 0 aliphatic heterocycles. The van der Waals surface area contributed by atoms with E-state index in [9.17, 15) is 14.4 Å². The van der Waals surface area contributed by atoms with E-state index in [0.29, 0.717) is 6.42 Å². The van der Waals surface area contributed by atoms with E-state index in [0.717, 1.165) is 69.3 Å². The molecule has 9 heteroatoms. The number of rotatable bonds is 8. The van der Waals surface area contributed by atoms with Gasteiger partial charge in [0.2, 0.25) is 5.91 Å². The van der Waals surface area contributed by atoms with E-state index in [-0.39, 0.29) is 40.2 Å². The third-order valence-corrected chi connectivity index (χ3v) is 6.86. The van der Waals surface area contributed by atoms with Gasteiger partial charge in [0.25, 0.3) is 11.8 Å². The SMILES string of the molecule is CCC[C@H](C(=O)NC1CCCC1)N(C(=O)c1snc(C(N)=O)c1N)C1CCCC1. The Morgan fingerprint density at radius 1 is 1.17 bits per heavy atom. The van der Waals surface area contributed by atoms with Crippen LogP contribution in [0.5, 0.6) is 0 Å². The number of nitrogens with two attached hydrogens (primary N) is 2. The Bertz CT molecular complexity index is 753. The number of carbonyl (C=O) groups is 3. The predicted molar refractivity (Wildman–Crippen MR) is 113 cm³/mol. The number of amides is 3. The number of carbonyl (C=O) groups excluding carboxylic acids is 3. The molecule has 2 saturated carbocycles. The van der Waals surface area contributed by atoms with Crippen molar-refractivity contribution >= 4 is 34.9 Å². The fourth-order valence-corrected chi connectivity index (χ4v) is 5.28. The number of aromatic nitrogens is 1. The highest BCUT2D eigenvalue weighted by molar-refractivity contribution is 7.09. The van der Waals surface area contributed by atoms with Crippen LogP contribution in [0.2, 0.25) is 0 Å². The standard InChI is InChI=1S/C20H31N5O3S/c1-2-7-14(19(27)23-12-8-3-4-9-12)25(13-10-5-6-11-13)20(28)17-15(21)16(18(22)26)24-29-17/h12-14H,2-11,21H2,1H3,(H2,22,26)(H,23,27)/t14-/m1/s1. The molecule has 2 aliphatic rings. The molecule has 1 heterocycles. The first-order chi connectivity index (χ1) is 13.9. The van der Waals surface area contributed by atoms with Crippen molar-refractivity contribution in [2.24, 2.45) is 5.73 Å². The second-order valence-electron chi connectivity index (χ2n) is 8.08. The molecule has 3 amide bonds. The third kappa shape index (κ3) is 4.71. The molecule has 0 unspecified atom stereocenters. The molecular weight excluding hydrogens is 390 g/mol. The monoisotopic (exact) mass is 421 g/mol. The number of hydrogen-bond acceptors (Lipinski definition) is 6. The van der Waals surface area contributed by atoms with Crippen LogP contribution < -0.4 is 16.8 Å². The zero-order chi connectivity index (χ0) is 21.0. The maximum absolute atomic E-state index is 13.5. The molecule has 5 N–H and O–H groups in total. The fourth-order valence-electron chi connectivity index (χ4n) is 4.53. The number of nitrogen functional groups attached to an aromatic ring is 1. The van der Waals surface area contributed by atoms with Crippen LogP contribution in [-0.2, 0) is 4.79 Å². The average Bonchev–Trinajstić information content (AvgIpc) is 3.43. The van der Waals surface area contributed by atoms with E-state index in [1.807, 2.05) is 6.92 Å². The van der Waals surface area contributed by atoms with Crippen molar-refractivity contribution in [3.8, 4) is 0 Å². The van der Waals surface area contributed by atoms with Gasteiger partial charge in [0, 0.05) is 12.1 Å². The topological polar surface area (TPSA) is 131 Å². The first kappa shape index (κ1) is 21.5. The Morgan fingerprint density at radius 3 is 2.34 bits per heavy atom. The molecule has 0 bridgehead atoms. The molecule has 1 aromatic rings. The highest BCUT2D eigenvalue weighted by Gasteiger charge is 2.39. The normalized spacial score (nSPS) is 18.7. The molecule has 3 rings (SSSR count). The summed E-state index contributed by atoms with van der Waals surface area (Å²) in [5, 5.41) is 3.16. The largest absolute Gasteiger partial charge is 0.395 e. The van der Waals surface area contributed by atoms with Crippen molar-refractivity contribution in [3.63, 3.8) is 0 Å². The van der Waals surface area contributed by atoms with Gasteiger partial charge in [-0.25, -0.2) is 0 Å². The molecular formula is C20H31N5O3S. The molecule has 0 saturated heterocycles. The van der Waals surface area contributed by atoms with Crippen LogP contribution in [0.1, 0.15) is 91.3 Å². The van der Waals surface area contributed by atoms with Crippen molar-refractivity contribution in [2.75, 3.05) is 5.73 Å². The van der Waals surface area contributed by atoms with Crippen LogP contribution >= 0.6 is 11.5 Å². The van der Waals surface area contributed by atoms with E-state index in [1.54, 1.807) is 4.90 Å². The van der Waals surface area contributed by atoms with Crippen LogP contribution in [0.25, 0.3) is 0 Å². The van der Waals surface area contributed by atoms with Gasteiger partial charge in [0.05, 0.1) is 5.69 Å². The molecule has 1 aromatic heterocycles. The summed E-state index contributed by atoms with van der Waals surface area (Å²) in [6, 6.07) is -0.362. The number of primary amides is 1. The molecule has 0 aromatic carbocycles. The second-order valence-corrected chi connectivity index (χ2v) is 8.86. The lowest BCUT2D eigenvalue weighted by atomic mass is 10.0. The van der Waals surface area contributed by atoms with Crippen LogP contribution in [0.4, 0.5) is 5.69 Å². The molecule has 2 fully saturated rings. The second kappa shape index (κ2) is 9.56. The molecule has 0 radical (unpaired) electrons. The van der Waals surface area contributed by atoms with Gasteiger partial charge in [-0.15, -0.1) is 0 Å². The average molecular weight is 422 g/mol. The van der Waals surface area contributed by atoms with Gasteiger partial charge in [0.1, 0.15) is 10.9 Å². The number of nitrogens with one attached hydrogen (secondary N) is 1. The van der Waals surface area contributed by atoms with Crippen LogP contribution in [0.3, 0.4) is 0 Å². The van der Waals surface area contributed by atoms with E-state index in [1.165, 1.54) is 0 Å². The fraction of sp³-hybridized carbons (Fsp3) is 0.700. The van der Waals surface area contributed by atoms with E-state index >= 15 is 0 Å². The third-order valence-electron chi connectivity index (χ3n) is 6.01. The minimum absolute atomic E-state index is 0.00749. The highest BCUT2D eigenvalue weighted by atomic mass is 32.1. The van der Waals surface area contributed by atoms with Crippen LogP contribution in [0.15, 0.2) is 0 Å². The number of hydrogen-bond donors (Lipinski definition) is 3. The van der Waals surface area contributed by atoms with Crippen molar-refractivity contribution < 1.29 is 14.4 Å². The Morgan fingerprint density at radius 2 is 1.79 bits per heavy atom. The van der Waals surface area contributed by atoms with Gasteiger partial charge in [0.15, 0.2) is 5.69 Å². The summed E-state index contributed by atoms with van der Waals surface area (Å²) < 4.78 is 3.97. The number of anilines is 1. The summed E-state index contributed by atoms with van der Waals surface area (Å²) in [5.41, 5.74) is 11.3. The summed E-state index contributed by atoms with van der Waals surface area (Å²) in [6.07, 6.45) is 9.39. The molecule has 2 aliphatic carbocycles. The summed E-state index contributed by atoms with van der Waals surface area (Å²) in [5.74, 6) is -1.16. The Labute approximate surface area is 175 Å². The van der Waals surface area contributed by atoms with Crippen LogP contribution in [0, 0.1) is 0 Å². The van der Waals surface area contributed by atoms with Crippen molar-refractivity contribution in [1.82, 2.24) is 14.6 Å². The molecule has 0 spiro atoms. The van der Waals surface area contributed by atoms with Gasteiger partial charge >= 0.3 is 0 Å². The Balaban J connectivity index is 1.90. The van der Waals surface area contributed by atoms with Gasteiger partial charge in [-0.1, -0.05) is 39.0 Å². The molecule has 29 heavy (non-hydrogen) atoms. The van der Waals surface area contributed by atoms with Gasteiger partial charge in [-0.2, -0.15) is 4.37 Å². The first-order valence-corrected chi connectivity index (χ1v) is 11.4. The highest BCUT2D eigenvalue weighted by Crippen LogP contribution is 2.32. The minimum atomic E-state index is -0.755. The van der Waals surface area contributed by atoms with Gasteiger partial charge < -0.3 is 21.7 Å². The van der Waals surface area contributed by atoms with Gasteiger partial charge in [-0.3, -0.25) is 14.4 Å². The lowest BCUT2D eigenvalue weighted by Gasteiger charge is -2.36. The summed E-state index contributed by atoms with van der Waals surface area (Å²) in [4.78, 5) is 40.2. The Hall–Kier alpha value is -2.16. The first-order valence-electron chi connectivity index (χ1n) is 10.6. The van der Waals surface area contributed by atoms with Crippen LogP contribution in [-0.4, -0.2) is 45.1 Å². The van der Waals surface area contributed by atoms with Crippen molar-refractivity contribution in [2.45, 2.75) is 89.3 Å². The van der Waals surface area contributed by atoms with E-state index in [2.05, 4.69) is 9.69 Å². The zero-order valence-corrected chi connectivity index (χ0v) is 17.8.